The van der Waals surface area contributed by atoms with Gasteiger partial charge in [0.05, 0.1) is 4.05 Å². The Labute approximate surface area is 110 Å². The van der Waals surface area contributed by atoms with E-state index < -0.39 is 0 Å². The number of hydrogen-bond donors (Lipinski definition) is 1. The zero-order chi connectivity index (χ0) is 10.6. The largest absolute Gasteiger partial charge is 0.300 e. The second-order valence-electron chi connectivity index (χ2n) is 4.52. The maximum atomic E-state index is 3.67. The first-order valence-electron chi connectivity index (χ1n) is 4.79. The van der Waals surface area contributed by atoms with Crippen molar-refractivity contribution in [3.63, 3.8) is 0 Å². The normalized spacial score (nSPS) is 17.5. The molecule has 0 aromatic rings. The number of alkyl halides is 2. The zero-order valence-electron chi connectivity index (χ0n) is 9.20. The van der Waals surface area contributed by atoms with E-state index in [9.17, 15) is 0 Å². The SMILES string of the molecule is CC(C)[C@@H](C)C(C)(C)NC(I)CI. The molecule has 0 radical (unpaired) electrons. The van der Waals surface area contributed by atoms with Gasteiger partial charge in [-0.3, -0.25) is 5.32 Å². The van der Waals surface area contributed by atoms with Gasteiger partial charge in [0.1, 0.15) is 0 Å². The van der Waals surface area contributed by atoms with Gasteiger partial charge in [0.25, 0.3) is 0 Å². The Morgan fingerprint density at radius 3 is 2.00 bits per heavy atom. The fourth-order valence-corrected chi connectivity index (χ4v) is 2.43. The van der Waals surface area contributed by atoms with E-state index in [2.05, 4.69) is 85.1 Å². The van der Waals surface area contributed by atoms with Crippen LogP contribution in [0.1, 0.15) is 34.6 Å². The summed E-state index contributed by atoms with van der Waals surface area (Å²) in [6.45, 7) is 11.5. The highest BCUT2D eigenvalue weighted by atomic mass is 127. The molecule has 2 atom stereocenters. The summed E-state index contributed by atoms with van der Waals surface area (Å²) >= 11 is 4.89. The van der Waals surface area contributed by atoms with Crippen LogP contribution in [0.2, 0.25) is 0 Å². The molecule has 13 heavy (non-hydrogen) atoms. The molecule has 0 rings (SSSR count). The van der Waals surface area contributed by atoms with Crippen molar-refractivity contribution in [1.29, 1.82) is 0 Å². The van der Waals surface area contributed by atoms with E-state index in [-0.39, 0.29) is 5.54 Å². The smallest absolute Gasteiger partial charge is 0.0688 e. The molecule has 3 heteroatoms. The molecule has 1 N–H and O–H groups in total. The van der Waals surface area contributed by atoms with E-state index in [1.54, 1.807) is 0 Å². The maximum Gasteiger partial charge on any atom is 0.0688 e. The van der Waals surface area contributed by atoms with Gasteiger partial charge >= 0.3 is 0 Å². The van der Waals surface area contributed by atoms with Crippen molar-refractivity contribution in [3.8, 4) is 0 Å². The molecule has 0 aliphatic rings. The average Bonchev–Trinajstić information content (AvgIpc) is 2.01. The summed E-state index contributed by atoms with van der Waals surface area (Å²) in [5.41, 5.74) is 0.241. The summed E-state index contributed by atoms with van der Waals surface area (Å²) in [6, 6.07) is 0. The summed E-state index contributed by atoms with van der Waals surface area (Å²) in [7, 11) is 0. The van der Waals surface area contributed by atoms with Crippen LogP contribution in [-0.4, -0.2) is 14.0 Å². The molecule has 0 aliphatic heterocycles. The third kappa shape index (κ3) is 5.16. The van der Waals surface area contributed by atoms with Crippen LogP contribution in [0.5, 0.6) is 0 Å². The van der Waals surface area contributed by atoms with Crippen LogP contribution in [0, 0.1) is 11.8 Å². The van der Waals surface area contributed by atoms with Gasteiger partial charge in [0, 0.05) is 9.97 Å². The Kier molecular flexibility index (Phi) is 6.77. The molecule has 0 spiro atoms. The second kappa shape index (κ2) is 6.10. The van der Waals surface area contributed by atoms with Gasteiger partial charge < -0.3 is 0 Å². The summed E-state index contributed by atoms with van der Waals surface area (Å²) in [5, 5.41) is 3.67. The highest BCUT2D eigenvalue weighted by molar-refractivity contribution is 14.1. The lowest BCUT2D eigenvalue weighted by Crippen LogP contribution is -2.50. The van der Waals surface area contributed by atoms with Crippen LogP contribution in [0.15, 0.2) is 0 Å². The van der Waals surface area contributed by atoms with Crippen molar-refractivity contribution in [3.05, 3.63) is 0 Å². The molecule has 0 amide bonds. The minimum absolute atomic E-state index is 0.241. The molecule has 0 bridgehead atoms. The first-order chi connectivity index (χ1) is 5.81. The molecule has 0 aromatic heterocycles. The Hall–Kier alpha value is 1.42. The highest BCUT2D eigenvalue weighted by Crippen LogP contribution is 2.25. The van der Waals surface area contributed by atoms with E-state index in [1.807, 2.05) is 0 Å². The molecule has 0 aromatic carbocycles. The Morgan fingerprint density at radius 2 is 1.69 bits per heavy atom. The predicted molar refractivity (Wildman–Crippen MR) is 77.9 cm³/mol. The van der Waals surface area contributed by atoms with Crippen molar-refractivity contribution in [1.82, 2.24) is 5.32 Å². The number of halogens is 2. The molecule has 0 saturated heterocycles. The van der Waals surface area contributed by atoms with Crippen LogP contribution in [0.3, 0.4) is 0 Å². The van der Waals surface area contributed by atoms with Crippen LogP contribution in [0.4, 0.5) is 0 Å². The molecule has 0 fully saturated rings. The highest BCUT2D eigenvalue weighted by Gasteiger charge is 2.29. The van der Waals surface area contributed by atoms with Gasteiger partial charge in [0.2, 0.25) is 0 Å². The summed E-state index contributed by atoms with van der Waals surface area (Å²) in [6.07, 6.45) is 0. The number of rotatable bonds is 5. The third-order valence-electron chi connectivity index (χ3n) is 2.80. The van der Waals surface area contributed by atoms with Crippen LogP contribution < -0.4 is 5.32 Å². The number of hydrogen-bond acceptors (Lipinski definition) is 1. The fourth-order valence-electron chi connectivity index (χ4n) is 1.41. The van der Waals surface area contributed by atoms with Gasteiger partial charge in [-0.15, -0.1) is 0 Å². The second-order valence-corrected chi connectivity index (χ2v) is 6.90. The minimum atomic E-state index is 0.241. The van der Waals surface area contributed by atoms with Crippen molar-refractivity contribution in [2.75, 3.05) is 4.43 Å². The lowest BCUT2D eigenvalue weighted by molar-refractivity contribution is 0.215. The van der Waals surface area contributed by atoms with E-state index in [0.717, 1.165) is 10.3 Å². The molecule has 0 saturated carbocycles. The monoisotopic (exact) mass is 409 g/mol. The van der Waals surface area contributed by atoms with E-state index in [4.69, 9.17) is 0 Å². The van der Waals surface area contributed by atoms with Gasteiger partial charge in [-0.25, -0.2) is 0 Å². The predicted octanol–water partition coefficient (Wildman–Crippen LogP) is 3.84. The lowest BCUT2D eigenvalue weighted by Gasteiger charge is -2.37. The maximum absolute atomic E-state index is 3.67. The lowest BCUT2D eigenvalue weighted by atomic mass is 9.81. The Balaban J connectivity index is 4.21. The van der Waals surface area contributed by atoms with Crippen molar-refractivity contribution in [2.24, 2.45) is 11.8 Å². The molecule has 1 unspecified atom stereocenters. The minimum Gasteiger partial charge on any atom is -0.300 e. The molecule has 0 heterocycles. The Morgan fingerprint density at radius 1 is 1.23 bits per heavy atom. The average molecular weight is 409 g/mol. The molecule has 0 aliphatic carbocycles. The van der Waals surface area contributed by atoms with Crippen molar-refractivity contribution in [2.45, 2.75) is 44.2 Å². The topological polar surface area (TPSA) is 12.0 Å². The fraction of sp³-hybridized carbons (Fsp3) is 1.00. The molecule has 80 valence electrons. The van der Waals surface area contributed by atoms with Gasteiger partial charge in [-0.1, -0.05) is 66.0 Å². The molecular formula is C10H21I2N. The van der Waals surface area contributed by atoms with Gasteiger partial charge in [-0.05, 0) is 25.7 Å². The van der Waals surface area contributed by atoms with Crippen LogP contribution in [0.25, 0.3) is 0 Å². The standard InChI is InChI=1S/C10H21I2N/c1-7(2)8(3)10(4,5)13-9(12)6-11/h7-9,13H,6H2,1-5H3/t8-,9?/m1/s1. The van der Waals surface area contributed by atoms with Gasteiger partial charge in [-0.2, -0.15) is 0 Å². The molecule has 1 nitrogen and oxygen atoms in total. The van der Waals surface area contributed by atoms with E-state index in [1.165, 1.54) is 0 Å². The first-order valence-corrected chi connectivity index (χ1v) is 7.56. The van der Waals surface area contributed by atoms with Crippen LogP contribution in [-0.2, 0) is 0 Å². The Bertz CT molecular complexity index is 146. The summed E-state index contributed by atoms with van der Waals surface area (Å²) in [4.78, 5) is 0. The zero-order valence-corrected chi connectivity index (χ0v) is 13.5. The van der Waals surface area contributed by atoms with E-state index >= 15 is 0 Å². The molecular weight excluding hydrogens is 388 g/mol. The summed E-state index contributed by atoms with van der Waals surface area (Å²) in [5.74, 6) is 1.44. The van der Waals surface area contributed by atoms with Gasteiger partial charge in [0.15, 0.2) is 0 Å². The van der Waals surface area contributed by atoms with Crippen LogP contribution >= 0.6 is 45.2 Å². The summed E-state index contributed by atoms with van der Waals surface area (Å²) < 4.78 is 1.74. The first kappa shape index (κ1) is 14.4. The van der Waals surface area contributed by atoms with Crippen molar-refractivity contribution >= 4 is 45.2 Å². The van der Waals surface area contributed by atoms with E-state index in [0.29, 0.717) is 9.97 Å². The third-order valence-corrected chi connectivity index (χ3v) is 6.12. The quantitative estimate of drug-likeness (QED) is 0.414. The number of nitrogens with one attached hydrogen (secondary N) is 1. The van der Waals surface area contributed by atoms with Crippen molar-refractivity contribution < 1.29 is 0 Å².